The van der Waals surface area contributed by atoms with Crippen LogP contribution in [0.2, 0.25) is 5.02 Å². The molecule has 0 spiro atoms. The van der Waals surface area contributed by atoms with E-state index in [0.29, 0.717) is 60.6 Å². The van der Waals surface area contributed by atoms with E-state index in [9.17, 15) is 9.59 Å². The zero-order chi connectivity index (χ0) is 22.5. The monoisotopic (exact) mass is 454 g/mol. The van der Waals surface area contributed by atoms with Crippen molar-refractivity contribution in [1.29, 1.82) is 0 Å². The average molecular weight is 455 g/mol. The number of halogens is 1. The predicted molar refractivity (Wildman–Crippen MR) is 122 cm³/mol. The Hall–Kier alpha value is -3.36. The first-order valence-electron chi connectivity index (χ1n) is 10.3. The number of hydrogen-bond acceptors (Lipinski definition) is 6. The van der Waals surface area contributed by atoms with Gasteiger partial charge in [0.25, 0.3) is 11.5 Å². The van der Waals surface area contributed by atoms with Crippen LogP contribution in [0.25, 0.3) is 5.69 Å². The van der Waals surface area contributed by atoms with Crippen LogP contribution in [0.3, 0.4) is 0 Å². The van der Waals surface area contributed by atoms with Crippen LogP contribution in [0, 0.1) is 0 Å². The fourth-order valence-corrected chi connectivity index (χ4v) is 3.53. The number of carbonyl (C=O) groups is 1. The number of carbonyl (C=O) groups excluding carboxylic acids is 1. The summed E-state index contributed by atoms with van der Waals surface area (Å²) < 4.78 is 12.2. The molecule has 1 aliphatic heterocycles. The largest absolute Gasteiger partial charge is 0.490 e. The smallest absolute Gasteiger partial charge is 0.299 e. The topological polar surface area (TPSA) is 85.7 Å². The molecule has 0 saturated carbocycles. The van der Waals surface area contributed by atoms with E-state index >= 15 is 0 Å². The highest BCUT2D eigenvalue weighted by molar-refractivity contribution is 6.30. The van der Waals surface area contributed by atoms with Gasteiger partial charge in [-0.15, -0.1) is 0 Å². The van der Waals surface area contributed by atoms with E-state index in [-0.39, 0.29) is 17.2 Å². The van der Waals surface area contributed by atoms with Crippen LogP contribution in [-0.2, 0) is 4.74 Å². The number of anilines is 2. The minimum absolute atomic E-state index is 0.0738. The summed E-state index contributed by atoms with van der Waals surface area (Å²) in [5.74, 6) is 0.253. The van der Waals surface area contributed by atoms with Crippen molar-refractivity contribution in [1.82, 2.24) is 14.7 Å². The first-order chi connectivity index (χ1) is 15.6. The van der Waals surface area contributed by atoms with Crippen molar-refractivity contribution in [3.8, 4) is 11.4 Å². The van der Waals surface area contributed by atoms with Crippen molar-refractivity contribution in [2.24, 2.45) is 0 Å². The molecule has 8 nitrogen and oxygen atoms in total. The summed E-state index contributed by atoms with van der Waals surface area (Å²) in [7, 11) is 0. The summed E-state index contributed by atoms with van der Waals surface area (Å²) in [5, 5.41) is 7.92. The fraction of sp³-hybridized carbons (Fsp3) is 0.261. The Morgan fingerprint density at radius 3 is 2.66 bits per heavy atom. The number of rotatable bonds is 6. The molecule has 0 radical (unpaired) electrons. The maximum atomic E-state index is 13.3. The molecule has 0 atom stereocenters. The van der Waals surface area contributed by atoms with Crippen molar-refractivity contribution < 1.29 is 14.3 Å². The molecule has 0 unspecified atom stereocenters. The van der Waals surface area contributed by atoms with Gasteiger partial charge in [-0.2, -0.15) is 9.78 Å². The summed E-state index contributed by atoms with van der Waals surface area (Å²) in [6.45, 7) is 4.38. The molecule has 0 bridgehead atoms. The van der Waals surface area contributed by atoms with Crippen molar-refractivity contribution >= 4 is 28.9 Å². The SMILES string of the molecule is CCOc1cnn(-c2ccc(Cl)cc2)c(=O)c1Nc1cccc(C(=O)N2CCOCC2)c1. The van der Waals surface area contributed by atoms with Gasteiger partial charge in [0.2, 0.25) is 0 Å². The van der Waals surface area contributed by atoms with E-state index < -0.39 is 0 Å². The number of amides is 1. The molecule has 2 heterocycles. The van der Waals surface area contributed by atoms with E-state index in [1.54, 1.807) is 53.4 Å². The van der Waals surface area contributed by atoms with E-state index in [4.69, 9.17) is 21.1 Å². The Bertz CT molecular complexity index is 1160. The van der Waals surface area contributed by atoms with Gasteiger partial charge in [0.1, 0.15) is 0 Å². The molecule has 1 aromatic heterocycles. The number of aromatic nitrogens is 2. The molecule has 3 aromatic rings. The summed E-state index contributed by atoms with van der Waals surface area (Å²) in [5.41, 5.74) is 1.54. The third kappa shape index (κ3) is 4.76. The molecule has 1 amide bonds. The number of benzene rings is 2. The molecule has 1 fully saturated rings. The highest BCUT2D eigenvalue weighted by Crippen LogP contribution is 2.25. The van der Waals surface area contributed by atoms with Crippen LogP contribution in [0.5, 0.6) is 5.75 Å². The molecule has 32 heavy (non-hydrogen) atoms. The molecule has 1 aliphatic rings. The minimum atomic E-state index is -0.386. The fourth-order valence-electron chi connectivity index (χ4n) is 3.41. The second-order valence-corrected chi connectivity index (χ2v) is 7.56. The maximum Gasteiger partial charge on any atom is 0.299 e. The van der Waals surface area contributed by atoms with E-state index in [1.165, 1.54) is 10.9 Å². The lowest BCUT2D eigenvalue weighted by Crippen LogP contribution is -2.40. The lowest BCUT2D eigenvalue weighted by Gasteiger charge is -2.27. The lowest BCUT2D eigenvalue weighted by atomic mass is 10.1. The molecular weight excluding hydrogens is 432 g/mol. The molecular formula is C23H23ClN4O4. The highest BCUT2D eigenvalue weighted by atomic mass is 35.5. The van der Waals surface area contributed by atoms with Gasteiger partial charge in [0.15, 0.2) is 11.4 Å². The Morgan fingerprint density at radius 2 is 1.94 bits per heavy atom. The van der Waals surface area contributed by atoms with E-state index in [1.807, 2.05) is 6.92 Å². The lowest BCUT2D eigenvalue weighted by molar-refractivity contribution is 0.0303. The highest BCUT2D eigenvalue weighted by Gasteiger charge is 2.19. The zero-order valence-corrected chi connectivity index (χ0v) is 18.3. The normalized spacial score (nSPS) is 13.6. The Balaban J connectivity index is 1.67. The average Bonchev–Trinajstić information content (AvgIpc) is 2.83. The Labute approximate surface area is 190 Å². The molecule has 1 N–H and O–H groups in total. The summed E-state index contributed by atoms with van der Waals surface area (Å²) in [6, 6.07) is 13.8. The number of hydrogen-bond donors (Lipinski definition) is 1. The van der Waals surface area contributed by atoms with E-state index in [0.717, 1.165) is 0 Å². The summed E-state index contributed by atoms with van der Waals surface area (Å²) in [6.07, 6.45) is 1.49. The predicted octanol–water partition coefficient (Wildman–Crippen LogP) is 3.50. The van der Waals surface area contributed by atoms with Gasteiger partial charge in [-0.25, -0.2) is 0 Å². The Kier molecular flexibility index (Phi) is 6.72. The van der Waals surface area contributed by atoms with Gasteiger partial charge >= 0.3 is 0 Å². The zero-order valence-electron chi connectivity index (χ0n) is 17.6. The second kappa shape index (κ2) is 9.84. The van der Waals surface area contributed by atoms with Crippen molar-refractivity contribution in [3.05, 3.63) is 75.7 Å². The standard InChI is InChI=1S/C23H23ClN4O4/c1-2-32-20-15-25-28(19-8-6-17(24)7-9-19)23(30)21(20)26-18-5-3-4-16(14-18)22(29)27-10-12-31-13-11-27/h3-9,14-15,26H,2,10-13H2,1H3. The molecule has 9 heteroatoms. The number of ether oxygens (including phenoxy) is 2. The van der Waals surface area contributed by atoms with Gasteiger partial charge in [0, 0.05) is 29.4 Å². The first kappa shape index (κ1) is 21.9. The molecule has 166 valence electrons. The number of nitrogens with zero attached hydrogens (tertiary/aromatic N) is 3. The third-order valence-corrected chi connectivity index (χ3v) is 5.24. The summed E-state index contributed by atoms with van der Waals surface area (Å²) >= 11 is 5.96. The van der Waals surface area contributed by atoms with E-state index in [2.05, 4.69) is 10.4 Å². The van der Waals surface area contributed by atoms with Gasteiger partial charge in [-0.1, -0.05) is 17.7 Å². The van der Waals surface area contributed by atoms with Crippen LogP contribution in [0.15, 0.2) is 59.5 Å². The van der Waals surface area contributed by atoms with Crippen molar-refractivity contribution in [3.63, 3.8) is 0 Å². The van der Waals surface area contributed by atoms with Crippen LogP contribution in [0.1, 0.15) is 17.3 Å². The molecule has 2 aromatic carbocycles. The quantitative estimate of drug-likeness (QED) is 0.613. The molecule has 4 rings (SSSR count). The minimum Gasteiger partial charge on any atom is -0.490 e. The molecule has 0 aliphatic carbocycles. The maximum absolute atomic E-state index is 13.3. The van der Waals surface area contributed by atoms with Crippen LogP contribution in [-0.4, -0.2) is 53.5 Å². The third-order valence-electron chi connectivity index (χ3n) is 4.99. The van der Waals surface area contributed by atoms with Crippen LogP contribution >= 0.6 is 11.6 Å². The molecule has 1 saturated heterocycles. The van der Waals surface area contributed by atoms with Gasteiger partial charge in [-0.05, 0) is 49.4 Å². The van der Waals surface area contributed by atoms with Gasteiger partial charge < -0.3 is 19.7 Å². The van der Waals surface area contributed by atoms with Crippen molar-refractivity contribution in [2.75, 3.05) is 38.2 Å². The Morgan fingerprint density at radius 1 is 1.19 bits per heavy atom. The van der Waals surface area contributed by atoms with Gasteiger partial charge in [-0.3, -0.25) is 9.59 Å². The van der Waals surface area contributed by atoms with Gasteiger partial charge in [0.05, 0.1) is 31.7 Å². The number of morpholine rings is 1. The summed E-state index contributed by atoms with van der Waals surface area (Å²) in [4.78, 5) is 27.9. The van der Waals surface area contributed by atoms with Crippen molar-refractivity contribution in [2.45, 2.75) is 6.92 Å². The second-order valence-electron chi connectivity index (χ2n) is 7.12. The first-order valence-corrected chi connectivity index (χ1v) is 10.7. The number of nitrogens with one attached hydrogen (secondary N) is 1. The van der Waals surface area contributed by atoms with Crippen LogP contribution < -0.4 is 15.6 Å². The van der Waals surface area contributed by atoms with Crippen LogP contribution in [0.4, 0.5) is 11.4 Å².